The van der Waals surface area contributed by atoms with Crippen molar-refractivity contribution in [2.75, 3.05) is 17.3 Å². The summed E-state index contributed by atoms with van der Waals surface area (Å²) < 4.78 is 49.8. The number of hydrogen-bond donors (Lipinski definition) is 0. The third-order valence-corrected chi connectivity index (χ3v) is 11.1. The molecule has 0 aromatic heterocycles. The summed E-state index contributed by atoms with van der Waals surface area (Å²) in [5.74, 6) is 0.0323. The summed E-state index contributed by atoms with van der Waals surface area (Å²) in [4.78, 5) is 0. The smallest absolute Gasteiger partial charge is 0.153 e. The van der Waals surface area contributed by atoms with Crippen LogP contribution in [0.1, 0.15) is 149 Å². The minimum Gasteiger partial charge on any atom is -0.229 e. The summed E-state index contributed by atoms with van der Waals surface area (Å²) in [5, 5.41) is -0.788. The maximum Gasteiger partial charge on any atom is 0.153 e. The van der Waals surface area contributed by atoms with Gasteiger partial charge in [-0.3, -0.25) is 0 Å². The minimum atomic E-state index is -3.33. The van der Waals surface area contributed by atoms with E-state index in [-0.39, 0.29) is 17.3 Å². The van der Waals surface area contributed by atoms with Crippen molar-refractivity contribution < 1.29 is 16.8 Å². The van der Waals surface area contributed by atoms with Crippen molar-refractivity contribution in [3.8, 4) is 0 Å². The van der Waals surface area contributed by atoms with Crippen molar-refractivity contribution in [2.45, 2.75) is 154 Å². The van der Waals surface area contributed by atoms with E-state index in [0.29, 0.717) is 12.8 Å². The highest BCUT2D eigenvalue weighted by Gasteiger charge is 2.26. The number of hydrogen-bond acceptors (Lipinski definition) is 4. The Morgan fingerprint density at radius 1 is 0.455 bits per heavy atom. The molecular formula is C27H56O4S2. The van der Waals surface area contributed by atoms with Gasteiger partial charge >= 0.3 is 0 Å². The zero-order valence-electron chi connectivity index (χ0n) is 22.3. The molecule has 6 heteroatoms. The largest absolute Gasteiger partial charge is 0.229 e. The predicted octanol–water partition coefficient (Wildman–Crippen LogP) is 8.05. The summed E-state index contributed by atoms with van der Waals surface area (Å²) in [6, 6.07) is 0. The van der Waals surface area contributed by atoms with Crippen LogP contribution < -0.4 is 0 Å². The van der Waals surface area contributed by atoms with Crippen LogP contribution in [0.15, 0.2) is 0 Å². The summed E-state index contributed by atoms with van der Waals surface area (Å²) in [6.45, 7) is 6.02. The Labute approximate surface area is 207 Å². The fraction of sp³-hybridized carbons (Fsp3) is 1.00. The van der Waals surface area contributed by atoms with Crippen LogP contribution in [0.5, 0.6) is 0 Å². The Bertz CT molecular complexity index is 627. The van der Waals surface area contributed by atoms with Crippen LogP contribution in [0, 0.1) is 0 Å². The topological polar surface area (TPSA) is 68.3 Å². The number of unbranched alkanes of at least 4 members (excludes halogenated alkanes) is 18. The second kappa shape index (κ2) is 21.2. The van der Waals surface area contributed by atoms with E-state index in [1.165, 1.54) is 89.9 Å². The van der Waals surface area contributed by atoms with Gasteiger partial charge in [0.1, 0.15) is 0 Å². The average molecular weight is 509 g/mol. The van der Waals surface area contributed by atoms with E-state index in [1.54, 1.807) is 6.92 Å². The minimum absolute atomic E-state index is 0.123. The molecule has 1 atom stereocenters. The molecule has 4 nitrogen and oxygen atoms in total. The molecule has 0 saturated carbocycles. The van der Waals surface area contributed by atoms with Crippen molar-refractivity contribution in [2.24, 2.45) is 0 Å². The highest BCUT2D eigenvalue weighted by Crippen LogP contribution is 2.15. The SMILES string of the molecule is CCCCCCCCCCCCS(=O)(=O)CC(C)S(=O)(=O)CCCCCCCCCCCC. The molecule has 1 unspecified atom stereocenters. The zero-order chi connectivity index (χ0) is 24.8. The molecule has 0 aliphatic heterocycles. The lowest BCUT2D eigenvalue weighted by atomic mass is 10.1. The molecule has 0 N–H and O–H groups in total. The van der Waals surface area contributed by atoms with E-state index in [0.717, 1.165) is 25.7 Å². The Morgan fingerprint density at radius 3 is 1.12 bits per heavy atom. The molecule has 200 valence electrons. The molecular weight excluding hydrogens is 452 g/mol. The van der Waals surface area contributed by atoms with Crippen molar-refractivity contribution in [1.82, 2.24) is 0 Å². The van der Waals surface area contributed by atoms with Crippen LogP contribution in [0.4, 0.5) is 0 Å². The van der Waals surface area contributed by atoms with Gasteiger partial charge < -0.3 is 0 Å². The molecule has 0 aromatic carbocycles. The van der Waals surface area contributed by atoms with Gasteiger partial charge in [0.2, 0.25) is 0 Å². The van der Waals surface area contributed by atoms with Crippen molar-refractivity contribution in [3.63, 3.8) is 0 Å². The Hall–Kier alpha value is -0.100. The van der Waals surface area contributed by atoms with Gasteiger partial charge in [0.05, 0.1) is 22.5 Å². The molecule has 33 heavy (non-hydrogen) atoms. The molecule has 0 saturated heterocycles. The van der Waals surface area contributed by atoms with Gasteiger partial charge in [-0.05, 0) is 19.8 Å². The van der Waals surface area contributed by atoms with Crippen LogP contribution in [0.25, 0.3) is 0 Å². The highest BCUT2D eigenvalue weighted by molar-refractivity contribution is 7.95. The Morgan fingerprint density at radius 2 is 0.758 bits per heavy atom. The first-order chi connectivity index (χ1) is 15.7. The molecule has 0 spiro atoms. The zero-order valence-corrected chi connectivity index (χ0v) is 23.9. The van der Waals surface area contributed by atoms with Crippen LogP contribution in [-0.4, -0.2) is 39.3 Å². The third kappa shape index (κ3) is 20.9. The van der Waals surface area contributed by atoms with E-state index >= 15 is 0 Å². The van der Waals surface area contributed by atoms with E-state index in [1.807, 2.05) is 0 Å². The molecule has 0 amide bonds. The van der Waals surface area contributed by atoms with E-state index in [9.17, 15) is 16.8 Å². The van der Waals surface area contributed by atoms with Crippen LogP contribution in [-0.2, 0) is 19.7 Å². The molecule has 0 aliphatic carbocycles. The van der Waals surface area contributed by atoms with Gasteiger partial charge in [-0.25, -0.2) is 16.8 Å². The van der Waals surface area contributed by atoms with Gasteiger partial charge in [0, 0.05) is 0 Å². The molecule has 0 aromatic rings. The maximum absolute atomic E-state index is 12.5. The lowest BCUT2D eigenvalue weighted by Gasteiger charge is -2.13. The van der Waals surface area contributed by atoms with E-state index in [4.69, 9.17) is 0 Å². The first kappa shape index (κ1) is 32.9. The van der Waals surface area contributed by atoms with Crippen LogP contribution in [0.3, 0.4) is 0 Å². The van der Waals surface area contributed by atoms with Gasteiger partial charge in [0.25, 0.3) is 0 Å². The lowest BCUT2D eigenvalue weighted by Crippen LogP contribution is -2.30. The molecule has 0 aliphatic rings. The summed E-state index contributed by atoms with van der Waals surface area (Å²) in [6.07, 6.45) is 23.2. The van der Waals surface area contributed by atoms with Crippen molar-refractivity contribution in [1.29, 1.82) is 0 Å². The first-order valence-electron chi connectivity index (χ1n) is 14.2. The summed E-state index contributed by atoms with van der Waals surface area (Å²) in [5.41, 5.74) is 0. The van der Waals surface area contributed by atoms with Gasteiger partial charge in [-0.15, -0.1) is 0 Å². The lowest BCUT2D eigenvalue weighted by molar-refractivity contribution is 0.553. The van der Waals surface area contributed by atoms with Gasteiger partial charge in [-0.1, -0.05) is 129 Å². The maximum atomic E-state index is 12.5. The summed E-state index contributed by atoms with van der Waals surface area (Å²) in [7, 11) is -6.64. The monoisotopic (exact) mass is 508 g/mol. The Balaban J connectivity index is 3.86. The van der Waals surface area contributed by atoms with Gasteiger partial charge in [0.15, 0.2) is 19.7 Å². The van der Waals surface area contributed by atoms with Crippen LogP contribution >= 0.6 is 0 Å². The third-order valence-electron chi connectivity index (χ3n) is 6.69. The number of sulfone groups is 2. The van der Waals surface area contributed by atoms with Crippen LogP contribution in [0.2, 0.25) is 0 Å². The highest BCUT2D eigenvalue weighted by atomic mass is 32.2. The first-order valence-corrected chi connectivity index (χ1v) is 17.7. The Kier molecular flexibility index (Phi) is 21.1. The predicted molar refractivity (Wildman–Crippen MR) is 146 cm³/mol. The fourth-order valence-corrected chi connectivity index (χ4v) is 8.33. The van der Waals surface area contributed by atoms with Crippen molar-refractivity contribution >= 4 is 19.7 Å². The standard InChI is InChI=1S/C27H56O4S2/c1-4-6-8-10-12-14-16-18-20-22-24-32(28,29)26-27(3)33(30,31)25-23-21-19-17-15-13-11-9-7-5-2/h27H,4-26H2,1-3H3. The van der Waals surface area contributed by atoms with E-state index < -0.39 is 24.9 Å². The fourth-order valence-electron chi connectivity index (χ4n) is 4.35. The average Bonchev–Trinajstić information content (AvgIpc) is 2.76. The normalized spacial score (nSPS) is 13.4. The number of rotatable bonds is 25. The molecule has 0 rings (SSSR count). The quantitative estimate of drug-likeness (QED) is 0.117. The van der Waals surface area contributed by atoms with E-state index in [2.05, 4.69) is 13.8 Å². The summed E-state index contributed by atoms with van der Waals surface area (Å²) >= 11 is 0. The van der Waals surface area contributed by atoms with Gasteiger partial charge in [-0.2, -0.15) is 0 Å². The second-order valence-electron chi connectivity index (χ2n) is 10.2. The molecule has 0 heterocycles. The van der Waals surface area contributed by atoms with Crippen molar-refractivity contribution in [3.05, 3.63) is 0 Å². The molecule has 0 bridgehead atoms. The molecule has 0 fully saturated rings. The second-order valence-corrected chi connectivity index (χ2v) is 14.9. The molecule has 0 radical (unpaired) electrons.